The molecule has 1 unspecified atom stereocenters. The number of benzene rings is 1. The first-order valence-electron chi connectivity index (χ1n) is 8.27. The SMILES string of the molecule is COc1cc(C(=O)NC(C)(CC2(C)CC2)[C@H](C)NC(=O)O)ccc1O. The topological polar surface area (TPSA) is 108 Å². The summed E-state index contributed by atoms with van der Waals surface area (Å²) in [5.74, 6) is -0.183. The van der Waals surface area contributed by atoms with Crippen LogP contribution in [0, 0.1) is 5.41 Å². The summed E-state index contributed by atoms with van der Waals surface area (Å²) >= 11 is 0. The number of nitrogens with one attached hydrogen (secondary N) is 2. The van der Waals surface area contributed by atoms with Crippen LogP contribution < -0.4 is 15.4 Å². The van der Waals surface area contributed by atoms with Crippen LogP contribution in [-0.2, 0) is 0 Å². The number of phenolic OH excluding ortho intramolecular Hbond substituents is 1. The van der Waals surface area contributed by atoms with Gasteiger partial charge in [0.25, 0.3) is 5.91 Å². The molecule has 7 nitrogen and oxygen atoms in total. The molecule has 4 N–H and O–H groups in total. The van der Waals surface area contributed by atoms with Gasteiger partial charge in [0.1, 0.15) is 0 Å². The monoisotopic (exact) mass is 350 g/mol. The van der Waals surface area contributed by atoms with Crippen LogP contribution >= 0.6 is 0 Å². The number of ether oxygens (including phenoxy) is 1. The van der Waals surface area contributed by atoms with Crippen LogP contribution in [0.2, 0.25) is 0 Å². The smallest absolute Gasteiger partial charge is 0.404 e. The minimum atomic E-state index is -1.12. The summed E-state index contributed by atoms with van der Waals surface area (Å²) in [7, 11) is 1.41. The van der Waals surface area contributed by atoms with Gasteiger partial charge in [-0.3, -0.25) is 4.79 Å². The normalized spacial score (nSPS) is 18.6. The molecule has 2 atom stereocenters. The average Bonchev–Trinajstić information content (AvgIpc) is 3.23. The van der Waals surface area contributed by atoms with Crippen LogP contribution in [0.1, 0.15) is 50.4 Å². The van der Waals surface area contributed by atoms with Crippen molar-refractivity contribution in [3.05, 3.63) is 23.8 Å². The number of aromatic hydroxyl groups is 1. The van der Waals surface area contributed by atoms with Crippen molar-refractivity contribution in [2.24, 2.45) is 5.41 Å². The second kappa shape index (κ2) is 6.82. The van der Waals surface area contributed by atoms with Gasteiger partial charge in [-0.25, -0.2) is 4.79 Å². The Morgan fingerprint density at radius 2 is 2.04 bits per heavy atom. The number of hydrogen-bond donors (Lipinski definition) is 4. The minimum absolute atomic E-state index is 0.0479. The van der Waals surface area contributed by atoms with Gasteiger partial charge in [-0.1, -0.05) is 6.92 Å². The molecule has 7 heteroatoms. The standard InChI is InChI=1S/C18H26N2O5/c1-11(19-16(23)24)18(3,10-17(2)7-8-17)20-15(22)12-5-6-13(21)14(9-12)25-4/h5-6,9,11,19,21H,7-8,10H2,1-4H3,(H,20,22)(H,23,24)/t11-,18?/m0/s1. The number of carbonyl (C=O) groups excluding carboxylic acids is 1. The molecule has 1 aliphatic carbocycles. The Morgan fingerprint density at radius 3 is 2.56 bits per heavy atom. The average molecular weight is 350 g/mol. The summed E-state index contributed by atoms with van der Waals surface area (Å²) in [6, 6.07) is 3.89. The molecule has 138 valence electrons. The predicted octanol–water partition coefficient (Wildman–Crippen LogP) is 2.74. The third-order valence-electron chi connectivity index (χ3n) is 5.03. The van der Waals surface area contributed by atoms with Gasteiger partial charge in [0.2, 0.25) is 0 Å². The van der Waals surface area contributed by atoms with Gasteiger partial charge < -0.3 is 25.6 Å². The summed E-state index contributed by atoms with van der Waals surface area (Å²) in [5.41, 5.74) is -0.293. The molecule has 2 amide bonds. The summed E-state index contributed by atoms with van der Waals surface area (Å²) in [6.45, 7) is 5.73. The first kappa shape index (κ1) is 18.9. The molecule has 0 aliphatic heterocycles. The zero-order chi connectivity index (χ0) is 18.8. The maximum atomic E-state index is 12.7. The van der Waals surface area contributed by atoms with E-state index in [1.807, 2.05) is 6.92 Å². The van der Waals surface area contributed by atoms with E-state index in [4.69, 9.17) is 9.84 Å². The maximum absolute atomic E-state index is 12.7. The molecule has 25 heavy (non-hydrogen) atoms. The molecular weight excluding hydrogens is 324 g/mol. The highest BCUT2D eigenvalue weighted by Crippen LogP contribution is 2.51. The Hall–Kier alpha value is -2.44. The molecule has 0 radical (unpaired) electrons. The van der Waals surface area contributed by atoms with Gasteiger partial charge in [-0.2, -0.15) is 0 Å². The van der Waals surface area contributed by atoms with E-state index in [0.29, 0.717) is 12.0 Å². The number of carboxylic acid groups (broad SMARTS) is 1. The summed E-state index contributed by atoms with van der Waals surface area (Å²) in [6.07, 6.45) is 1.67. The zero-order valence-electron chi connectivity index (χ0n) is 15.0. The minimum Gasteiger partial charge on any atom is -0.504 e. The van der Waals surface area contributed by atoms with Crippen molar-refractivity contribution in [2.45, 2.75) is 51.6 Å². The molecule has 0 spiro atoms. The van der Waals surface area contributed by atoms with E-state index in [-0.39, 0.29) is 22.8 Å². The second-order valence-corrected chi connectivity index (χ2v) is 7.42. The number of rotatable bonds is 7. The summed E-state index contributed by atoms with van der Waals surface area (Å²) < 4.78 is 5.04. The van der Waals surface area contributed by atoms with Crippen molar-refractivity contribution in [3.8, 4) is 11.5 Å². The van der Waals surface area contributed by atoms with Crippen molar-refractivity contribution >= 4 is 12.0 Å². The zero-order valence-corrected chi connectivity index (χ0v) is 15.0. The van der Waals surface area contributed by atoms with Gasteiger partial charge in [-0.05, 0) is 56.7 Å². The Bertz CT molecular complexity index is 671. The molecule has 2 rings (SSSR count). The van der Waals surface area contributed by atoms with Gasteiger partial charge in [0.15, 0.2) is 11.5 Å². The number of phenols is 1. The van der Waals surface area contributed by atoms with E-state index in [2.05, 4.69) is 17.6 Å². The third-order valence-corrected chi connectivity index (χ3v) is 5.03. The largest absolute Gasteiger partial charge is 0.504 e. The van der Waals surface area contributed by atoms with Crippen molar-refractivity contribution in [2.75, 3.05) is 7.11 Å². The summed E-state index contributed by atoms with van der Waals surface area (Å²) in [4.78, 5) is 23.8. The van der Waals surface area contributed by atoms with E-state index in [1.54, 1.807) is 6.92 Å². The molecule has 0 saturated heterocycles. The Morgan fingerprint density at radius 1 is 1.40 bits per heavy atom. The van der Waals surface area contributed by atoms with Crippen LogP contribution in [0.4, 0.5) is 4.79 Å². The molecule has 1 fully saturated rings. The van der Waals surface area contributed by atoms with Gasteiger partial charge in [0.05, 0.1) is 18.7 Å². The fraction of sp³-hybridized carbons (Fsp3) is 0.556. The van der Waals surface area contributed by atoms with Crippen molar-refractivity contribution in [1.29, 1.82) is 0 Å². The Balaban J connectivity index is 2.23. The van der Waals surface area contributed by atoms with Gasteiger partial charge in [-0.15, -0.1) is 0 Å². The number of amides is 2. The van der Waals surface area contributed by atoms with Crippen molar-refractivity contribution in [3.63, 3.8) is 0 Å². The van der Waals surface area contributed by atoms with E-state index >= 15 is 0 Å². The quantitative estimate of drug-likeness (QED) is 0.605. The van der Waals surface area contributed by atoms with Crippen LogP contribution in [0.25, 0.3) is 0 Å². The summed E-state index contributed by atoms with van der Waals surface area (Å²) in [5, 5.41) is 24.1. The lowest BCUT2D eigenvalue weighted by atomic mass is 9.82. The Kier molecular flexibility index (Phi) is 5.15. The molecule has 0 bridgehead atoms. The van der Waals surface area contributed by atoms with E-state index in [1.165, 1.54) is 25.3 Å². The molecule has 0 aromatic heterocycles. The molecular formula is C18H26N2O5. The third kappa shape index (κ3) is 4.55. The lowest BCUT2D eigenvalue weighted by Crippen LogP contribution is -2.60. The molecule has 1 aromatic carbocycles. The lowest BCUT2D eigenvalue weighted by Gasteiger charge is -2.38. The predicted molar refractivity (Wildman–Crippen MR) is 93.1 cm³/mol. The van der Waals surface area contributed by atoms with Gasteiger partial charge >= 0.3 is 6.09 Å². The van der Waals surface area contributed by atoms with Crippen molar-refractivity contribution < 1.29 is 24.5 Å². The number of methoxy groups -OCH3 is 1. The van der Waals surface area contributed by atoms with Crippen molar-refractivity contribution in [1.82, 2.24) is 10.6 Å². The molecule has 1 saturated carbocycles. The van der Waals surface area contributed by atoms with Crippen LogP contribution in [0.3, 0.4) is 0 Å². The lowest BCUT2D eigenvalue weighted by molar-refractivity contribution is 0.0857. The molecule has 0 heterocycles. The molecule has 1 aromatic rings. The first-order chi connectivity index (χ1) is 11.6. The number of hydrogen-bond acceptors (Lipinski definition) is 4. The highest BCUT2D eigenvalue weighted by Gasteiger charge is 2.46. The first-order valence-corrected chi connectivity index (χ1v) is 8.27. The fourth-order valence-corrected chi connectivity index (χ4v) is 3.08. The highest BCUT2D eigenvalue weighted by molar-refractivity contribution is 5.95. The van der Waals surface area contributed by atoms with Crippen LogP contribution in [-0.4, -0.2) is 40.9 Å². The van der Waals surface area contributed by atoms with Crippen LogP contribution in [0.5, 0.6) is 11.5 Å². The highest BCUT2D eigenvalue weighted by atomic mass is 16.5. The van der Waals surface area contributed by atoms with E-state index < -0.39 is 17.7 Å². The Labute approximate surface area is 147 Å². The van der Waals surface area contributed by atoms with Crippen LogP contribution in [0.15, 0.2) is 18.2 Å². The van der Waals surface area contributed by atoms with Gasteiger partial charge in [0, 0.05) is 5.56 Å². The second-order valence-electron chi connectivity index (χ2n) is 7.42. The van der Waals surface area contributed by atoms with E-state index in [9.17, 15) is 14.7 Å². The molecule has 1 aliphatic rings. The number of carbonyl (C=O) groups is 2. The maximum Gasteiger partial charge on any atom is 0.404 e. The fourth-order valence-electron chi connectivity index (χ4n) is 3.08. The van der Waals surface area contributed by atoms with E-state index in [0.717, 1.165) is 12.8 Å².